The number of likely N-dealkylation sites (tertiary alicyclic amines) is 1. The van der Waals surface area contributed by atoms with E-state index in [2.05, 4.69) is 15.4 Å². The number of nitrogens with one attached hydrogen (secondary N) is 1. The molecule has 0 radical (unpaired) electrons. The first-order chi connectivity index (χ1) is 20.0. The molecule has 2 aliphatic rings. The lowest BCUT2D eigenvalue weighted by Crippen LogP contribution is -2.39. The highest BCUT2D eigenvalue weighted by atomic mass is 16.6. The number of hydrogen-bond acceptors (Lipinski definition) is 7. The molecular weight excluding hydrogens is 534 g/mol. The summed E-state index contributed by atoms with van der Waals surface area (Å²) in [5, 5.41) is 7.18. The van der Waals surface area contributed by atoms with Crippen LogP contribution in [0.25, 0.3) is 16.7 Å². The van der Waals surface area contributed by atoms with Crippen molar-refractivity contribution in [3.63, 3.8) is 0 Å². The Kier molecular flexibility index (Phi) is 8.02. The first-order valence-electron chi connectivity index (χ1n) is 14.1. The van der Waals surface area contributed by atoms with Crippen LogP contribution >= 0.6 is 0 Å². The Labute approximate surface area is 245 Å². The molecule has 3 amide bonds. The number of anilines is 1. The molecule has 2 aliphatic heterocycles. The van der Waals surface area contributed by atoms with E-state index in [0.29, 0.717) is 50.1 Å². The van der Waals surface area contributed by atoms with Crippen LogP contribution in [-0.2, 0) is 11.8 Å². The van der Waals surface area contributed by atoms with Crippen LogP contribution in [0.5, 0.6) is 0 Å². The SMILES string of the molecule is Cn1cc(-c2cnc(N)c(C(=O)N[C@@H]3CCN(C(=O)c4ccc(C5=CCN(C(=O)OC(C)(C)C)CC5)cc4)C3)c2)cn1. The summed E-state index contributed by atoms with van der Waals surface area (Å²) < 4.78 is 7.15. The molecule has 2 aromatic heterocycles. The highest BCUT2D eigenvalue weighted by Crippen LogP contribution is 2.25. The van der Waals surface area contributed by atoms with E-state index < -0.39 is 5.60 Å². The fraction of sp³-hybridized carbons (Fsp3) is 0.387. The minimum Gasteiger partial charge on any atom is -0.444 e. The number of hydrogen-bond donors (Lipinski definition) is 2. The van der Waals surface area contributed by atoms with Crippen LogP contribution in [0.15, 0.2) is 55.0 Å². The maximum absolute atomic E-state index is 13.2. The minimum atomic E-state index is -0.525. The summed E-state index contributed by atoms with van der Waals surface area (Å²) in [5.41, 5.74) is 10.1. The number of nitrogens with two attached hydrogens (primary N) is 1. The predicted molar refractivity (Wildman–Crippen MR) is 159 cm³/mol. The van der Waals surface area contributed by atoms with Gasteiger partial charge in [0.1, 0.15) is 11.4 Å². The van der Waals surface area contributed by atoms with E-state index >= 15 is 0 Å². The van der Waals surface area contributed by atoms with Crippen LogP contribution in [0.1, 0.15) is 59.9 Å². The van der Waals surface area contributed by atoms with Gasteiger partial charge in [-0.1, -0.05) is 18.2 Å². The van der Waals surface area contributed by atoms with E-state index in [0.717, 1.165) is 22.3 Å². The third-order valence-corrected chi connectivity index (χ3v) is 7.38. The molecule has 0 saturated carbocycles. The topological polar surface area (TPSA) is 136 Å². The first-order valence-corrected chi connectivity index (χ1v) is 14.1. The molecule has 1 fully saturated rings. The number of nitrogens with zero attached hydrogens (tertiary/aromatic N) is 5. The summed E-state index contributed by atoms with van der Waals surface area (Å²) in [5.74, 6) is -0.246. The van der Waals surface area contributed by atoms with Crippen molar-refractivity contribution in [1.82, 2.24) is 29.9 Å². The zero-order valence-corrected chi connectivity index (χ0v) is 24.5. The van der Waals surface area contributed by atoms with Crippen molar-refractivity contribution in [2.24, 2.45) is 7.05 Å². The molecule has 1 aromatic carbocycles. The smallest absolute Gasteiger partial charge is 0.410 e. The second-order valence-electron chi connectivity index (χ2n) is 11.8. The van der Waals surface area contributed by atoms with Gasteiger partial charge in [-0.15, -0.1) is 0 Å². The number of aromatic nitrogens is 3. The van der Waals surface area contributed by atoms with Crippen molar-refractivity contribution in [3.05, 3.63) is 71.7 Å². The molecule has 0 spiro atoms. The Bertz CT molecular complexity index is 1520. The summed E-state index contributed by atoms with van der Waals surface area (Å²) in [4.78, 5) is 46.3. The molecule has 11 heteroatoms. The van der Waals surface area contributed by atoms with Crippen molar-refractivity contribution < 1.29 is 19.1 Å². The fourth-order valence-electron chi connectivity index (χ4n) is 5.14. The number of amides is 3. The van der Waals surface area contributed by atoms with Crippen LogP contribution in [0.3, 0.4) is 0 Å². The van der Waals surface area contributed by atoms with Gasteiger partial charge in [-0.2, -0.15) is 5.10 Å². The number of pyridine rings is 1. The Morgan fingerprint density at radius 2 is 1.79 bits per heavy atom. The molecule has 5 rings (SSSR count). The van der Waals surface area contributed by atoms with Crippen molar-refractivity contribution >= 4 is 29.3 Å². The Balaban J connectivity index is 1.16. The van der Waals surface area contributed by atoms with E-state index in [1.165, 1.54) is 0 Å². The summed E-state index contributed by atoms with van der Waals surface area (Å²) in [6, 6.07) is 9.08. The van der Waals surface area contributed by atoms with Gasteiger partial charge in [-0.05, 0) is 62.9 Å². The van der Waals surface area contributed by atoms with Gasteiger partial charge in [0.15, 0.2) is 0 Å². The van der Waals surface area contributed by atoms with E-state index in [-0.39, 0.29) is 29.8 Å². The van der Waals surface area contributed by atoms with E-state index in [9.17, 15) is 14.4 Å². The molecule has 0 bridgehead atoms. The van der Waals surface area contributed by atoms with Crippen LogP contribution in [0, 0.1) is 0 Å². The van der Waals surface area contributed by atoms with Gasteiger partial charge in [-0.25, -0.2) is 9.78 Å². The predicted octanol–water partition coefficient (Wildman–Crippen LogP) is 3.73. The zero-order chi connectivity index (χ0) is 30.0. The number of aryl methyl sites for hydroxylation is 1. The van der Waals surface area contributed by atoms with Crippen molar-refractivity contribution in [2.75, 3.05) is 31.9 Å². The summed E-state index contributed by atoms with van der Waals surface area (Å²) in [6.07, 6.45) is 8.25. The standard InChI is InChI=1S/C31H37N7O4/c1-31(2,3)42-30(41)37-12-9-21(10-13-37)20-5-7-22(8-6-20)29(40)38-14-11-25(19-38)35-28(39)26-15-23(16-33-27(26)32)24-17-34-36(4)18-24/h5-9,15-18,25H,10-14,19H2,1-4H3,(H2,32,33)(H,35,39)/t25-/m1/s1. The van der Waals surface area contributed by atoms with Gasteiger partial charge in [0.2, 0.25) is 0 Å². The highest BCUT2D eigenvalue weighted by molar-refractivity contribution is 6.00. The fourth-order valence-corrected chi connectivity index (χ4v) is 5.14. The zero-order valence-electron chi connectivity index (χ0n) is 24.5. The van der Waals surface area contributed by atoms with Crippen molar-refractivity contribution in [3.8, 4) is 11.1 Å². The Hall–Kier alpha value is -4.67. The molecular formula is C31H37N7O4. The number of benzene rings is 1. The second kappa shape index (κ2) is 11.7. The normalized spacial score (nSPS) is 17.1. The minimum absolute atomic E-state index is 0.0771. The molecule has 3 N–H and O–H groups in total. The summed E-state index contributed by atoms with van der Waals surface area (Å²) in [7, 11) is 1.82. The molecule has 1 atom stereocenters. The lowest BCUT2D eigenvalue weighted by molar-refractivity contribution is 0.0270. The molecule has 42 heavy (non-hydrogen) atoms. The number of nitrogen functional groups attached to an aromatic ring is 1. The number of carbonyl (C=O) groups excluding carboxylic acids is 3. The van der Waals surface area contributed by atoms with Crippen LogP contribution in [0.2, 0.25) is 0 Å². The number of carbonyl (C=O) groups is 3. The molecule has 1 saturated heterocycles. The van der Waals surface area contributed by atoms with Gasteiger partial charge in [-0.3, -0.25) is 14.3 Å². The van der Waals surface area contributed by atoms with Gasteiger partial charge in [0.05, 0.1) is 11.8 Å². The Morgan fingerprint density at radius 1 is 1.02 bits per heavy atom. The van der Waals surface area contributed by atoms with E-state index in [1.54, 1.807) is 32.9 Å². The average Bonchev–Trinajstić information content (AvgIpc) is 3.61. The largest absolute Gasteiger partial charge is 0.444 e. The summed E-state index contributed by atoms with van der Waals surface area (Å²) in [6.45, 7) is 7.59. The average molecular weight is 572 g/mol. The monoisotopic (exact) mass is 571 g/mol. The van der Waals surface area contributed by atoms with Crippen LogP contribution in [0.4, 0.5) is 10.6 Å². The van der Waals surface area contributed by atoms with E-state index in [1.807, 2.05) is 64.4 Å². The maximum Gasteiger partial charge on any atom is 0.410 e. The molecule has 3 aromatic rings. The van der Waals surface area contributed by atoms with E-state index in [4.69, 9.17) is 10.5 Å². The molecule has 220 valence electrons. The Morgan fingerprint density at radius 3 is 2.43 bits per heavy atom. The molecule has 0 aliphatic carbocycles. The van der Waals surface area contributed by atoms with Crippen molar-refractivity contribution in [1.29, 1.82) is 0 Å². The lowest BCUT2D eigenvalue weighted by Gasteiger charge is -2.29. The molecule has 4 heterocycles. The lowest BCUT2D eigenvalue weighted by atomic mass is 9.98. The van der Waals surface area contributed by atoms with Crippen LogP contribution < -0.4 is 11.1 Å². The van der Waals surface area contributed by atoms with Gasteiger partial charge in [0.25, 0.3) is 11.8 Å². The molecule has 0 unspecified atom stereocenters. The highest BCUT2D eigenvalue weighted by Gasteiger charge is 2.29. The second-order valence-corrected chi connectivity index (χ2v) is 11.8. The maximum atomic E-state index is 13.2. The van der Waals surface area contributed by atoms with Gasteiger partial charge < -0.3 is 25.6 Å². The number of ether oxygens (including phenoxy) is 1. The summed E-state index contributed by atoms with van der Waals surface area (Å²) >= 11 is 0. The quantitative estimate of drug-likeness (QED) is 0.476. The number of rotatable bonds is 5. The third-order valence-electron chi connectivity index (χ3n) is 7.38. The van der Waals surface area contributed by atoms with Gasteiger partial charge in [0, 0.05) is 68.4 Å². The van der Waals surface area contributed by atoms with Gasteiger partial charge >= 0.3 is 6.09 Å². The molecule has 11 nitrogen and oxygen atoms in total. The third kappa shape index (κ3) is 6.62. The first kappa shape index (κ1) is 28.8. The van der Waals surface area contributed by atoms with Crippen LogP contribution in [-0.4, -0.2) is 80.3 Å². The van der Waals surface area contributed by atoms with Crippen molar-refractivity contribution in [2.45, 2.75) is 45.3 Å².